The van der Waals surface area contributed by atoms with Crippen LogP contribution in [0.3, 0.4) is 0 Å². The maximum absolute atomic E-state index is 13.2. The predicted molar refractivity (Wildman–Crippen MR) is 101 cm³/mol. The number of nitrogens with zero attached hydrogens (tertiary/aromatic N) is 6. The molecule has 2 unspecified atom stereocenters. The minimum atomic E-state index is -4.68. The summed E-state index contributed by atoms with van der Waals surface area (Å²) in [5.74, 6) is 0.309. The second kappa shape index (κ2) is 6.69. The molecule has 158 valence electrons. The van der Waals surface area contributed by atoms with E-state index in [4.69, 9.17) is 0 Å². The van der Waals surface area contributed by atoms with Gasteiger partial charge in [0.05, 0.1) is 17.4 Å². The minimum Gasteiger partial charge on any atom is -0.338 e. The Bertz CT molecular complexity index is 1110. The monoisotopic (exact) mass is 420 g/mol. The van der Waals surface area contributed by atoms with Crippen molar-refractivity contribution < 1.29 is 18.0 Å². The van der Waals surface area contributed by atoms with Gasteiger partial charge in [-0.25, -0.2) is 9.50 Å². The van der Waals surface area contributed by atoms with Gasteiger partial charge in [-0.1, -0.05) is 0 Å². The van der Waals surface area contributed by atoms with E-state index in [2.05, 4.69) is 30.7 Å². The van der Waals surface area contributed by atoms with Crippen LogP contribution in [0.15, 0.2) is 24.5 Å². The molecule has 3 aromatic rings. The van der Waals surface area contributed by atoms with Crippen LogP contribution in [0.1, 0.15) is 22.6 Å². The molecule has 2 bridgehead atoms. The molecule has 2 fully saturated rings. The molecule has 2 saturated heterocycles. The highest BCUT2D eigenvalue weighted by molar-refractivity contribution is 6.04. The predicted octanol–water partition coefficient (Wildman–Crippen LogP) is 1.53. The Labute approximate surface area is 168 Å². The van der Waals surface area contributed by atoms with Crippen molar-refractivity contribution in [1.82, 2.24) is 29.7 Å². The number of piperidine rings is 1. The van der Waals surface area contributed by atoms with Crippen molar-refractivity contribution in [2.24, 2.45) is 13.0 Å². The summed E-state index contributed by atoms with van der Waals surface area (Å²) in [5.41, 5.74) is -0.864. The molecule has 2 aliphatic rings. The average Bonchev–Trinajstić information content (AvgIpc) is 3.37. The molecule has 0 aromatic carbocycles. The Balaban J connectivity index is 1.44. The first-order valence-corrected chi connectivity index (χ1v) is 9.53. The summed E-state index contributed by atoms with van der Waals surface area (Å²) >= 11 is 0. The van der Waals surface area contributed by atoms with E-state index in [0.717, 1.165) is 36.9 Å². The van der Waals surface area contributed by atoms with Crippen molar-refractivity contribution in [3.63, 3.8) is 0 Å². The van der Waals surface area contributed by atoms with Crippen LogP contribution in [0.25, 0.3) is 5.52 Å². The number of amides is 1. The number of hydrogen-bond donors (Lipinski definition) is 2. The molecule has 9 nitrogen and oxygen atoms in total. The highest BCUT2D eigenvalue weighted by Crippen LogP contribution is 2.33. The lowest BCUT2D eigenvalue weighted by atomic mass is 10.0. The highest BCUT2D eigenvalue weighted by Gasteiger charge is 2.38. The topological polar surface area (TPSA) is 92.4 Å². The third kappa shape index (κ3) is 3.26. The van der Waals surface area contributed by atoms with E-state index in [1.165, 1.54) is 17.6 Å². The first-order valence-electron chi connectivity index (χ1n) is 9.53. The van der Waals surface area contributed by atoms with Crippen LogP contribution in [-0.2, 0) is 13.2 Å². The third-order valence-electron chi connectivity index (χ3n) is 5.48. The number of carbonyl (C=O) groups excluding carboxylic acids is 1. The van der Waals surface area contributed by atoms with E-state index in [1.54, 1.807) is 12.3 Å². The van der Waals surface area contributed by atoms with Crippen LogP contribution >= 0.6 is 0 Å². The SMILES string of the molecule is Cn1cc(NC(=O)c2ccc3cnc(N4CC5CNC(C5)C4)nn23)c(C(F)(F)F)n1. The molecular weight excluding hydrogens is 401 g/mol. The molecular formula is C18H19F3N8O. The van der Waals surface area contributed by atoms with Crippen molar-refractivity contribution in [3.8, 4) is 0 Å². The number of carbonyl (C=O) groups is 1. The lowest BCUT2D eigenvalue weighted by Crippen LogP contribution is -2.42. The van der Waals surface area contributed by atoms with Gasteiger partial charge < -0.3 is 15.5 Å². The smallest absolute Gasteiger partial charge is 0.338 e. The lowest BCUT2D eigenvalue weighted by Gasteiger charge is -2.30. The summed E-state index contributed by atoms with van der Waals surface area (Å²) in [6, 6.07) is 3.55. The fourth-order valence-electron chi connectivity index (χ4n) is 4.18. The highest BCUT2D eigenvalue weighted by atomic mass is 19.4. The zero-order chi connectivity index (χ0) is 21.0. The summed E-state index contributed by atoms with van der Waals surface area (Å²) < 4.78 is 41.9. The van der Waals surface area contributed by atoms with E-state index in [9.17, 15) is 18.0 Å². The number of anilines is 2. The van der Waals surface area contributed by atoms with Crippen LogP contribution in [0.5, 0.6) is 0 Å². The molecule has 0 aliphatic carbocycles. The Kier molecular flexibility index (Phi) is 4.20. The van der Waals surface area contributed by atoms with E-state index in [1.807, 2.05) is 0 Å². The summed E-state index contributed by atoms with van der Waals surface area (Å²) in [4.78, 5) is 19.2. The number of aromatic nitrogens is 5. The van der Waals surface area contributed by atoms with Gasteiger partial charge in [-0.05, 0) is 24.5 Å². The van der Waals surface area contributed by atoms with Crippen molar-refractivity contribution in [2.75, 3.05) is 29.9 Å². The van der Waals surface area contributed by atoms with Crippen molar-refractivity contribution in [3.05, 3.63) is 35.9 Å². The van der Waals surface area contributed by atoms with Crippen LogP contribution in [0.2, 0.25) is 0 Å². The van der Waals surface area contributed by atoms with Gasteiger partial charge in [0.2, 0.25) is 5.95 Å². The van der Waals surface area contributed by atoms with Gasteiger partial charge in [-0.3, -0.25) is 9.48 Å². The van der Waals surface area contributed by atoms with Crippen LogP contribution < -0.4 is 15.5 Å². The van der Waals surface area contributed by atoms with Crippen LogP contribution in [-0.4, -0.2) is 56.0 Å². The van der Waals surface area contributed by atoms with E-state index >= 15 is 0 Å². The maximum atomic E-state index is 13.2. The molecule has 2 aliphatic heterocycles. The molecule has 0 saturated carbocycles. The second-order valence-corrected chi connectivity index (χ2v) is 7.74. The van der Waals surface area contributed by atoms with E-state index in [0.29, 0.717) is 23.4 Å². The number of hydrogen-bond acceptors (Lipinski definition) is 6. The molecule has 12 heteroatoms. The van der Waals surface area contributed by atoms with E-state index in [-0.39, 0.29) is 5.69 Å². The number of nitrogens with one attached hydrogen (secondary N) is 2. The van der Waals surface area contributed by atoms with Crippen LogP contribution in [0, 0.1) is 5.92 Å². The first kappa shape index (κ1) is 18.9. The summed E-state index contributed by atoms with van der Waals surface area (Å²) in [7, 11) is 1.36. The fourth-order valence-corrected chi connectivity index (χ4v) is 4.18. The molecule has 30 heavy (non-hydrogen) atoms. The summed E-state index contributed by atoms with van der Waals surface area (Å²) in [6.45, 7) is 2.56. The van der Waals surface area contributed by atoms with Gasteiger partial charge in [0.25, 0.3) is 5.91 Å². The van der Waals surface area contributed by atoms with E-state index < -0.39 is 23.5 Å². The fraction of sp³-hybridized carbons (Fsp3) is 0.444. The van der Waals surface area contributed by atoms with Gasteiger partial charge in [-0.15, -0.1) is 5.10 Å². The quantitative estimate of drug-likeness (QED) is 0.668. The maximum Gasteiger partial charge on any atom is 0.437 e. The zero-order valence-electron chi connectivity index (χ0n) is 16.0. The zero-order valence-corrected chi connectivity index (χ0v) is 16.0. The molecule has 1 amide bonds. The molecule has 0 radical (unpaired) electrons. The number of halogens is 3. The number of rotatable bonds is 3. The molecule has 5 rings (SSSR count). The Hall–Kier alpha value is -3.15. The van der Waals surface area contributed by atoms with Crippen LogP contribution in [0.4, 0.5) is 24.8 Å². The largest absolute Gasteiger partial charge is 0.437 e. The summed E-state index contributed by atoms with van der Waals surface area (Å²) in [6.07, 6.45) is -0.827. The number of fused-ring (bicyclic) bond motifs is 3. The van der Waals surface area contributed by atoms with Crippen molar-refractivity contribution >= 4 is 23.1 Å². The second-order valence-electron chi connectivity index (χ2n) is 7.74. The van der Waals surface area contributed by atoms with Gasteiger partial charge in [0.15, 0.2) is 5.69 Å². The third-order valence-corrected chi connectivity index (χ3v) is 5.48. The first-order chi connectivity index (χ1) is 14.3. The number of alkyl halides is 3. The Morgan fingerprint density at radius 3 is 2.87 bits per heavy atom. The van der Waals surface area contributed by atoms with Crippen molar-refractivity contribution in [1.29, 1.82) is 0 Å². The standard InChI is InChI=1S/C18H19F3N8O/c1-27-9-13(15(25-27)18(19,20)21)24-16(30)14-3-2-12-6-23-17(26-29(12)14)28-7-10-4-11(8-28)22-5-10/h2-3,6,9-11,22H,4-5,7-8H2,1H3,(H,24,30). The van der Waals surface area contributed by atoms with Gasteiger partial charge in [-0.2, -0.15) is 18.3 Å². The molecule has 3 aromatic heterocycles. The van der Waals surface area contributed by atoms with Gasteiger partial charge in [0.1, 0.15) is 5.69 Å². The minimum absolute atomic E-state index is 0.115. The molecule has 2 atom stereocenters. The Morgan fingerprint density at radius 2 is 2.10 bits per heavy atom. The molecule has 2 N–H and O–H groups in total. The normalized spacial score (nSPS) is 21.4. The Morgan fingerprint density at radius 1 is 1.27 bits per heavy atom. The molecule has 5 heterocycles. The van der Waals surface area contributed by atoms with Gasteiger partial charge >= 0.3 is 6.18 Å². The van der Waals surface area contributed by atoms with Gasteiger partial charge in [0, 0.05) is 38.9 Å². The average molecular weight is 420 g/mol. The number of aryl methyl sites for hydroxylation is 1. The van der Waals surface area contributed by atoms with Crippen molar-refractivity contribution in [2.45, 2.75) is 18.6 Å². The lowest BCUT2D eigenvalue weighted by molar-refractivity contribution is -0.140. The molecule has 0 spiro atoms. The summed E-state index contributed by atoms with van der Waals surface area (Å²) in [5, 5.41) is 13.7.